The highest BCUT2D eigenvalue weighted by Gasteiger charge is 2.45. The lowest BCUT2D eigenvalue weighted by molar-refractivity contribution is -0.0512. The van der Waals surface area contributed by atoms with Crippen LogP contribution in [0.25, 0.3) is 0 Å². The van der Waals surface area contributed by atoms with E-state index in [-0.39, 0.29) is 5.91 Å². The molecule has 4 atom stereocenters. The monoisotopic (exact) mass is 390 g/mol. The topological polar surface area (TPSA) is 49.3 Å². The summed E-state index contributed by atoms with van der Waals surface area (Å²) in [7, 11) is 0. The van der Waals surface area contributed by atoms with Crippen LogP contribution < -0.4 is 0 Å². The second-order valence-electron chi connectivity index (χ2n) is 9.14. The third-order valence-electron chi connectivity index (χ3n) is 7.04. The number of carbonyl (C=O) groups excluding carboxylic acids is 1. The summed E-state index contributed by atoms with van der Waals surface area (Å²) >= 11 is 0. The van der Waals surface area contributed by atoms with Crippen molar-refractivity contribution in [2.45, 2.75) is 51.6 Å². The Morgan fingerprint density at radius 3 is 2.66 bits per heavy atom. The van der Waals surface area contributed by atoms with Crippen molar-refractivity contribution in [2.75, 3.05) is 19.6 Å². The normalized spacial score (nSPS) is 29.4. The third kappa shape index (κ3) is 3.57. The highest BCUT2D eigenvalue weighted by molar-refractivity contribution is 5.92. The molecule has 1 aromatic heterocycles. The molecule has 0 aliphatic carbocycles. The molecule has 3 saturated heterocycles. The van der Waals surface area contributed by atoms with Crippen molar-refractivity contribution in [3.05, 3.63) is 59.2 Å². The number of hydrogen-bond donors (Lipinski definition) is 0. The van der Waals surface area contributed by atoms with Crippen LogP contribution in [0.3, 0.4) is 0 Å². The zero-order valence-electron chi connectivity index (χ0n) is 17.4. The molecule has 4 heterocycles. The Morgan fingerprint density at radius 1 is 1.03 bits per heavy atom. The van der Waals surface area contributed by atoms with Crippen LogP contribution in [0.5, 0.6) is 0 Å². The molecule has 152 valence electrons. The Labute approximate surface area is 173 Å². The fourth-order valence-electron chi connectivity index (χ4n) is 6.00. The van der Waals surface area contributed by atoms with Gasteiger partial charge in [-0.1, -0.05) is 30.3 Å². The van der Waals surface area contributed by atoms with Crippen LogP contribution in [0.4, 0.5) is 0 Å². The van der Waals surface area contributed by atoms with Crippen molar-refractivity contribution >= 4 is 5.91 Å². The van der Waals surface area contributed by atoms with Crippen molar-refractivity contribution in [2.24, 2.45) is 11.8 Å². The fourth-order valence-corrected chi connectivity index (χ4v) is 6.00. The summed E-state index contributed by atoms with van der Waals surface area (Å²) < 4.78 is 0. The summed E-state index contributed by atoms with van der Waals surface area (Å²) in [6.45, 7) is 6.60. The lowest BCUT2D eigenvalue weighted by Gasteiger charge is -2.55. The van der Waals surface area contributed by atoms with E-state index in [0.717, 1.165) is 25.3 Å². The van der Waals surface area contributed by atoms with Crippen LogP contribution in [0.1, 0.15) is 59.3 Å². The molecule has 0 radical (unpaired) electrons. The molecule has 29 heavy (non-hydrogen) atoms. The maximum atomic E-state index is 13.2. The van der Waals surface area contributed by atoms with E-state index in [0.29, 0.717) is 35.4 Å². The lowest BCUT2D eigenvalue weighted by atomic mass is 9.74. The summed E-state index contributed by atoms with van der Waals surface area (Å²) in [4.78, 5) is 26.8. The quantitative estimate of drug-likeness (QED) is 0.783. The molecule has 1 amide bonds. The minimum Gasteiger partial charge on any atom is -0.337 e. The van der Waals surface area contributed by atoms with Crippen molar-refractivity contribution in [1.29, 1.82) is 0 Å². The Balaban J connectivity index is 1.36. The molecule has 5 rings (SSSR count). The molecule has 3 fully saturated rings. The SMILES string of the molecule is Cc1cc(C(=O)N2C[C@@H]3C[C@H](C2)[C@@H]2CCC[C@H](c4ccccc4)N2C3)nc(C)n1. The Hall–Kier alpha value is -2.27. The molecule has 0 saturated carbocycles. The van der Waals surface area contributed by atoms with E-state index in [9.17, 15) is 4.79 Å². The van der Waals surface area contributed by atoms with Gasteiger partial charge in [-0.15, -0.1) is 0 Å². The van der Waals surface area contributed by atoms with Crippen LogP contribution in [-0.2, 0) is 0 Å². The number of carbonyl (C=O) groups is 1. The maximum Gasteiger partial charge on any atom is 0.272 e. The first-order valence-corrected chi connectivity index (χ1v) is 11.0. The molecule has 3 aliphatic rings. The van der Waals surface area contributed by atoms with Gasteiger partial charge in [0.15, 0.2) is 0 Å². The van der Waals surface area contributed by atoms with Crippen LogP contribution in [-0.4, -0.2) is 51.4 Å². The molecule has 5 heteroatoms. The number of piperidine rings is 3. The van der Waals surface area contributed by atoms with E-state index >= 15 is 0 Å². The summed E-state index contributed by atoms with van der Waals surface area (Å²) in [5, 5.41) is 0. The number of aryl methyl sites for hydroxylation is 2. The largest absolute Gasteiger partial charge is 0.337 e. The number of hydrogen-bond acceptors (Lipinski definition) is 4. The number of fused-ring (bicyclic) bond motifs is 4. The van der Waals surface area contributed by atoms with Gasteiger partial charge in [0.25, 0.3) is 5.91 Å². The number of amides is 1. The summed E-state index contributed by atoms with van der Waals surface area (Å²) in [6, 6.07) is 14.0. The van der Waals surface area contributed by atoms with Crippen LogP contribution in [0.15, 0.2) is 36.4 Å². The van der Waals surface area contributed by atoms with Gasteiger partial charge < -0.3 is 4.90 Å². The van der Waals surface area contributed by atoms with E-state index in [1.807, 2.05) is 19.9 Å². The van der Waals surface area contributed by atoms with Crippen molar-refractivity contribution in [3.63, 3.8) is 0 Å². The highest BCUT2D eigenvalue weighted by atomic mass is 16.2. The molecule has 5 nitrogen and oxygen atoms in total. The number of rotatable bonds is 2. The predicted molar refractivity (Wildman–Crippen MR) is 113 cm³/mol. The minimum atomic E-state index is 0.0807. The average molecular weight is 391 g/mol. The fraction of sp³-hybridized carbons (Fsp3) is 0.542. The standard InChI is InChI=1S/C24H30N4O/c1-16-11-21(26-17(2)25-16)24(29)27-13-18-12-20(15-27)23-10-6-9-22(28(23)14-18)19-7-4-3-5-8-19/h3-5,7-8,11,18,20,22-23H,6,9-10,12-15H2,1-2H3/t18-,20+,22+,23-/m0/s1. The first-order valence-electron chi connectivity index (χ1n) is 11.0. The first kappa shape index (κ1) is 18.7. The summed E-state index contributed by atoms with van der Waals surface area (Å²) in [5.41, 5.74) is 2.87. The smallest absolute Gasteiger partial charge is 0.272 e. The Morgan fingerprint density at radius 2 is 1.86 bits per heavy atom. The van der Waals surface area contributed by atoms with E-state index < -0.39 is 0 Å². The van der Waals surface area contributed by atoms with Gasteiger partial charge in [0.1, 0.15) is 11.5 Å². The third-order valence-corrected chi connectivity index (χ3v) is 7.04. The molecule has 3 aliphatic heterocycles. The molecule has 0 N–H and O–H groups in total. The number of benzene rings is 1. The molecule has 0 spiro atoms. The number of aromatic nitrogens is 2. The summed E-state index contributed by atoms with van der Waals surface area (Å²) in [6.07, 6.45) is 5.05. The molecule has 0 unspecified atom stereocenters. The second-order valence-corrected chi connectivity index (χ2v) is 9.14. The van der Waals surface area contributed by atoms with Crippen molar-refractivity contribution < 1.29 is 4.79 Å². The average Bonchev–Trinajstić information content (AvgIpc) is 2.72. The van der Waals surface area contributed by atoms with Gasteiger partial charge in [0.05, 0.1) is 0 Å². The van der Waals surface area contributed by atoms with Gasteiger partial charge in [-0.25, -0.2) is 9.97 Å². The van der Waals surface area contributed by atoms with E-state index in [1.165, 1.54) is 31.2 Å². The zero-order valence-corrected chi connectivity index (χ0v) is 17.4. The van der Waals surface area contributed by atoms with Crippen LogP contribution in [0.2, 0.25) is 0 Å². The van der Waals surface area contributed by atoms with Gasteiger partial charge in [-0.05, 0) is 63.0 Å². The molecule has 2 bridgehead atoms. The van der Waals surface area contributed by atoms with Crippen LogP contribution in [0, 0.1) is 25.7 Å². The van der Waals surface area contributed by atoms with Crippen molar-refractivity contribution in [3.8, 4) is 0 Å². The van der Waals surface area contributed by atoms with Gasteiger partial charge in [0.2, 0.25) is 0 Å². The number of nitrogens with zero attached hydrogens (tertiary/aromatic N) is 4. The molecule has 2 aromatic rings. The van der Waals surface area contributed by atoms with E-state index in [2.05, 4.69) is 50.1 Å². The maximum absolute atomic E-state index is 13.2. The van der Waals surface area contributed by atoms with Gasteiger partial charge in [-0.2, -0.15) is 0 Å². The van der Waals surface area contributed by atoms with Gasteiger partial charge in [-0.3, -0.25) is 9.69 Å². The predicted octanol–water partition coefficient (Wildman–Crippen LogP) is 3.78. The van der Waals surface area contributed by atoms with Gasteiger partial charge >= 0.3 is 0 Å². The van der Waals surface area contributed by atoms with E-state index in [1.54, 1.807) is 0 Å². The zero-order chi connectivity index (χ0) is 20.0. The van der Waals surface area contributed by atoms with Crippen LogP contribution >= 0.6 is 0 Å². The highest BCUT2D eigenvalue weighted by Crippen LogP contribution is 2.44. The van der Waals surface area contributed by atoms with Crippen molar-refractivity contribution in [1.82, 2.24) is 19.8 Å². The minimum absolute atomic E-state index is 0.0807. The van der Waals surface area contributed by atoms with Gasteiger partial charge in [0, 0.05) is 37.4 Å². The first-order chi connectivity index (χ1) is 14.1. The Kier molecular flexibility index (Phi) is 4.86. The summed E-state index contributed by atoms with van der Waals surface area (Å²) in [5.74, 6) is 1.89. The molecular weight excluding hydrogens is 360 g/mol. The second kappa shape index (κ2) is 7.52. The lowest BCUT2D eigenvalue weighted by Crippen LogP contribution is -2.60. The Bertz CT molecular complexity index is 879. The number of likely N-dealkylation sites (tertiary alicyclic amines) is 1. The molecular formula is C24H30N4O. The molecule has 1 aromatic carbocycles. The van der Waals surface area contributed by atoms with E-state index in [4.69, 9.17) is 0 Å².